The lowest BCUT2D eigenvalue weighted by Crippen LogP contribution is -2.60. The molecule has 6 rings (SSSR count). The molecule has 67 heavy (non-hydrogen) atoms. The Morgan fingerprint density at radius 3 is 2.28 bits per heavy atom. The third-order valence-electron chi connectivity index (χ3n) is 12.6. The van der Waals surface area contributed by atoms with Crippen LogP contribution in [-0.4, -0.2) is 121 Å². The van der Waals surface area contributed by atoms with Gasteiger partial charge in [-0.2, -0.15) is 0 Å². The fourth-order valence-corrected chi connectivity index (χ4v) is 8.42. The molecule has 8 amide bonds. The first kappa shape index (κ1) is 49.3. The number of H-pyrrole nitrogens is 1. The Labute approximate surface area is 387 Å². The van der Waals surface area contributed by atoms with Crippen molar-refractivity contribution >= 4 is 58.2 Å². The number of nitrogens with zero attached hydrogens (tertiary/aromatic N) is 4. The van der Waals surface area contributed by atoms with Crippen LogP contribution < -0.4 is 43.8 Å². The first-order chi connectivity index (χ1) is 32.1. The highest BCUT2D eigenvalue weighted by molar-refractivity contribution is 5.99. The molecule has 0 saturated carbocycles. The van der Waals surface area contributed by atoms with Gasteiger partial charge in [-0.25, -0.2) is 4.68 Å². The number of aromatic nitrogens is 4. The van der Waals surface area contributed by atoms with Gasteiger partial charge in [-0.3, -0.25) is 38.4 Å². The number of hydrogen-bond acceptors (Lipinski definition) is 11. The van der Waals surface area contributed by atoms with Crippen LogP contribution in [0.25, 0.3) is 22.2 Å². The van der Waals surface area contributed by atoms with Crippen LogP contribution in [0.3, 0.4) is 0 Å². The number of nitrogens with one attached hydrogen (secondary N) is 6. The van der Waals surface area contributed by atoms with Gasteiger partial charge in [0.15, 0.2) is 0 Å². The smallest absolute Gasteiger partial charge is 0.246 e. The van der Waals surface area contributed by atoms with Crippen LogP contribution in [0.4, 0.5) is 0 Å². The Morgan fingerprint density at radius 2 is 1.58 bits per heavy atom. The van der Waals surface area contributed by atoms with Gasteiger partial charge in [0.1, 0.15) is 35.9 Å². The lowest BCUT2D eigenvalue weighted by Gasteiger charge is -2.33. The number of primary amides is 2. The third kappa shape index (κ3) is 12.4. The Balaban J connectivity index is 1.39. The van der Waals surface area contributed by atoms with E-state index in [2.05, 4.69) is 48.8 Å². The van der Waals surface area contributed by atoms with Gasteiger partial charge in [-0.15, -0.1) is 5.10 Å². The van der Waals surface area contributed by atoms with E-state index in [-0.39, 0.29) is 32.4 Å². The number of fused-ring (bicyclic) bond motifs is 2. The van der Waals surface area contributed by atoms with Crippen molar-refractivity contribution in [1.82, 2.24) is 51.5 Å². The summed E-state index contributed by atoms with van der Waals surface area (Å²) in [5.74, 6) is -6.79. The summed E-state index contributed by atoms with van der Waals surface area (Å²) in [4.78, 5) is 114. The summed E-state index contributed by atoms with van der Waals surface area (Å²) in [6.07, 6.45) is 4.33. The molecule has 21 nitrogen and oxygen atoms in total. The summed E-state index contributed by atoms with van der Waals surface area (Å²) in [6.45, 7) is 5.63. The minimum absolute atomic E-state index is 0.0205. The van der Waals surface area contributed by atoms with Gasteiger partial charge in [0, 0.05) is 48.6 Å². The molecule has 0 spiro atoms. The topological polar surface area (TPSA) is 325 Å². The molecule has 1 unspecified atom stereocenters. The van der Waals surface area contributed by atoms with E-state index in [1.807, 2.05) is 48.5 Å². The Hall–Kier alpha value is -7.16. The molecule has 0 radical (unpaired) electrons. The zero-order valence-corrected chi connectivity index (χ0v) is 38.0. The van der Waals surface area contributed by atoms with E-state index < -0.39 is 108 Å². The van der Waals surface area contributed by atoms with Crippen LogP contribution in [-0.2, 0) is 51.2 Å². The number of aryl methyl sites for hydroxylation is 1. The quantitative estimate of drug-likeness (QED) is 0.0998. The zero-order chi connectivity index (χ0) is 48.4. The van der Waals surface area contributed by atoms with Gasteiger partial charge in [0.2, 0.25) is 47.3 Å². The van der Waals surface area contributed by atoms with E-state index in [1.165, 1.54) is 4.90 Å². The molecular weight excluding hydrogens is 863 g/mol. The number of carbonyl (C=O) groups is 8. The maximum atomic E-state index is 15.0. The summed E-state index contributed by atoms with van der Waals surface area (Å²) in [7, 11) is 0. The molecule has 12 N–H and O–H groups in total. The van der Waals surface area contributed by atoms with Crippen LogP contribution in [0.5, 0.6) is 0 Å². The van der Waals surface area contributed by atoms with E-state index >= 15 is 4.79 Å². The zero-order valence-electron chi connectivity index (χ0n) is 38.0. The lowest BCUT2D eigenvalue weighted by molar-refractivity contribution is -0.143. The Bertz CT molecular complexity index is 2450. The second kappa shape index (κ2) is 22.4. The van der Waals surface area contributed by atoms with Gasteiger partial charge in [-0.05, 0) is 48.8 Å². The van der Waals surface area contributed by atoms with Crippen molar-refractivity contribution in [3.63, 3.8) is 0 Å². The van der Waals surface area contributed by atoms with Gasteiger partial charge in [-0.1, -0.05) is 74.9 Å². The highest BCUT2D eigenvalue weighted by atomic mass is 16.2. The molecule has 0 bridgehead atoms. The Morgan fingerprint density at radius 1 is 0.866 bits per heavy atom. The SMILES string of the molecule is CCc1ccc(-c2cn([C@H]3C[C@H]4C(=O)N[C@@H](Cc5c[nH]c6ccccc56)C(=O)N[C@H](C(N)=O)CCCCNC(=O)C[C@H](N)C(=O)N[C@@H](CC(N)=O)C(=O)N[C@@H](C(C)CC)C(=O)N4C3)nn2)cc1. The van der Waals surface area contributed by atoms with Crippen molar-refractivity contribution in [3.8, 4) is 11.3 Å². The highest BCUT2D eigenvalue weighted by Gasteiger charge is 2.45. The van der Waals surface area contributed by atoms with Crippen molar-refractivity contribution in [1.29, 1.82) is 0 Å². The molecule has 2 fully saturated rings. The van der Waals surface area contributed by atoms with Crippen LogP contribution in [0.2, 0.25) is 0 Å². The van der Waals surface area contributed by atoms with Crippen molar-refractivity contribution in [2.24, 2.45) is 23.1 Å². The maximum absolute atomic E-state index is 15.0. The average molecular weight is 924 g/mol. The average Bonchev–Trinajstić information content (AvgIpc) is 4.08. The number of para-hydroxylation sites is 1. The predicted octanol–water partition coefficient (Wildman–Crippen LogP) is -0.263. The number of aromatic amines is 1. The molecule has 0 aliphatic carbocycles. The molecule has 21 heteroatoms. The monoisotopic (exact) mass is 923 g/mol. The van der Waals surface area contributed by atoms with Crippen molar-refractivity contribution in [2.75, 3.05) is 13.1 Å². The molecule has 2 aromatic heterocycles. The van der Waals surface area contributed by atoms with E-state index in [0.717, 1.165) is 28.5 Å². The Kier molecular flexibility index (Phi) is 16.4. The molecule has 2 aliphatic rings. The molecule has 2 saturated heterocycles. The summed E-state index contributed by atoms with van der Waals surface area (Å²) < 4.78 is 1.58. The molecule has 2 aromatic carbocycles. The normalized spacial score (nSPS) is 24.7. The van der Waals surface area contributed by atoms with Crippen molar-refractivity contribution in [3.05, 3.63) is 72.1 Å². The lowest BCUT2D eigenvalue weighted by atomic mass is 9.96. The number of nitrogens with two attached hydrogens (primary N) is 3. The largest absolute Gasteiger partial charge is 0.370 e. The minimum atomic E-state index is -1.58. The number of carbonyl (C=O) groups excluding carboxylic acids is 8. The highest BCUT2D eigenvalue weighted by Crippen LogP contribution is 2.31. The van der Waals surface area contributed by atoms with Crippen molar-refractivity contribution in [2.45, 2.75) is 121 Å². The number of hydrogen-bond donors (Lipinski definition) is 9. The van der Waals surface area contributed by atoms with Crippen molar-refractivity contribution < 1.29 is 38.4 Å². The molecule has 4 heterocycles. The summed E-state index contributed by atoms with van der Waals surface area (Å²) in [5, 5.41) is 23.0. The molecule has 358 valence electrons. The molecule has 4 aromatic rings. The van der Waals surface area contributed by atoms with Gasteiger partial charge in [0.05, 0.1) is 31.1 Å². The molecule has 8 atom stereocenters. The molecular formula is C46H61N13O8. The van der Waals surface area contributed by atoms with E-state index in [0.29, 0.717) is 30.5 Å². The second-order valence-electron chi connectivity index (χ2n) is 17.4. The summed E-state index contributed by atoms with van der Waals surface area (Å²) in [6, 6.07) is 6.71. The first-order valence-electron chi connectivity index (χ1n) is 22.7. The fraction of sp³-hybridized carbons (Fsp3) is 0.478. The minimum Gasteiger partial charge on any atom is -0.370 e. The first-order valence-corrected chi connectivity index (χ1v) is 22.7. The van der Waals surface area contributed by atoms with E-state index in [4.69, 9.17) is 17.2 Å². The molecule has 2 aliphatic heterocycles. The fourth-order valence-electron chi connectivity index (χ4n) is 8.42. The van der Waals surface area contributed by atoms with Crippen LogP contribution >= 0.6 is 0 Å². The number of amides is 8. The van der Waals surface area contributed by atoms with Gasteiger partial charge in [0.25, 0.3) is 0 Å². The second-order valence-corrected chi connectivity index (χ2v) is 17.4. The van der Waals surface area contributed by atoms with E-state index in [1.54, 1.807) is 30.9 Å². The maximum Gasteiger partial charge on any atom is 0.246 e. The van der Waals surface area contributed by atoms with E-state index in [9.17, 15) is 33.6 Å². The predicted molar refractivity (Wildman–Crippen MR) is 246 cm³/mol. The summed E-state index contributed by atoms with van der Waals surface area (Å²) in [5.41, 5.74) is 21.3. The van der Waals surface area contributed by atoms with Crippen LogP contribution in [0, 0.1) is 5.92 Å². The van der Waals surface area contributed by atoms with Gasteiger partial charge >= 0.3 is 0 Å². The summed E-state index contributed by atoms with van der Waals surface area (Å²) >= 11 is 0. The standard InChI is InChI=1S/C46H61N13O8/c1-4-25(3)40-46(67)58-23-29(59-24-36(56-57-59)27-15-13-26(5-2)14-16-27)19-37(58)45(66)54-34(18-28-22-51-32-11-7-6-10-30(28)32)43(64)52-33(41(49)62)12-8-9-17-50-39(61)20-31(47)42(63)53-35(21-38(48)60)44(65)55-40/h6-7,10-11,13-16,22,24-25,29,31,33-35,37,40,51H,4-5,8-9,12,17-21,23,47H2,1-3H3,(H2,48,60)(H2,49,62)(H,50,61)(H,52,64)(H,53,63)(H,54,66)(H,55,65)/t25?,29-,31-,33-,34-,35-,37-,40-/m0/s1. The third-order valence-corrected chi connectivity index (χ3v) is 12.6. The number of rotatable bonds is 10. The van der Waals surface area contributed by atoms with Crippen LogP contribution in [0.15, 0.2) is 60.9 Å². The van der Waals surface area contributed by atoms with Gasteiger partial charge < -0.3 is 53.7 Å². The number of benzene rings is 2. The van der Waals surface area contributed by atoms with Crippen LogP contribution in [0.1, 0.15) is 82.9 Å².